The molecule has 0 amide bonds. The van der Waals surface area contributed by atoms with Crippen LogP contribution in [0.3, 0.4) is 0 Å². The van der Waals surface area contributed by atoms with Crippen LogP contribution in [-0.4, -0.2) is 31.6 Å². The molecule has 0 atom stereocenters. The van der Waals surface area contributed by atoms with Gasteiger partial charge < -0.3 is 9.67 Å². The third-order valence-corrected chi connectivity index (χ3v) is 4.29. The van der Waals surface area contributed by atoms with Gasteiger partial charge >= 0.3 is 5.97 Å². The number of hydrogen-bond donors (Lipinski definition) is 1. The predicted molar refractivity (Wildman–Crippen MR) is 80.3 cm³/mol. The summed E-state index contributed by atoms with van der Waals surface area (Å²) in [5.74, 6) is 0.518. The van der Waals surface area contributed by atoms with Gasteiger partial charge in [0, 0.05) is 13.0 Å². The molecule has 0 aliphatic rings. The highest BCUT2D eigenvalue weighted by Gasteiger charge is 2.15. The number of carbonyl (C=O) groups is 1. The van der Waals surface area contributed by atoms with Gasteiger partial charge in [0.2, 0.25) is 0 Å². The van der Waals surface area contributed by atoms with Crippen molar-refractivity contribution in [2.45, 2.75) is 32.0 Å². The Morgan fingerprint density at radius 1 is 1.50 bits per heavy atom. The first-order chi connectivity index (χ1) is 9.56. The van der Waals surface area contributed by atoms with E-state index in [-0.39, 0.29) is 5.75 Å². The Morgan fingerprint density at radius 2 is 2.30 bits per heavy atom. The lowest BCUT2D eigenvalue weighted by molar-refractivity contribution is -0.133. The minimum absolute atomic E-state index is 0.00861. The number of carboxylic acids is 1. The molecule has 5 nitrogen and oxygen atoms in total. The van der Waals surface area contributed by atoms with Crippen LogP contribution in [0.4, 0.5) is 0 Å². The molecule has 0 unspecified atom stereocenters. The Hall–Kier alpha value is -1.34. The second-order valence-corrected chi connectivity index (χ2v) is 6.62. The molecule has 20 heavy (non-hydrogen) atoms. The summed E-state index contributed by atoms with van der Waals surface area (Å²) in [4.78, 5) is 10.7. The number of thiophene rings is 1. The van der Waals surface area contributed by atoms with Crippen LogP contribution in [0.2, 0.25) is 0 Å². The molecular formula is C13H17N3O2S2. The summed E-state index contributed by atoms with van der Waals surface area (Å²) >= 11 is 2.88. The van der Waals surface area contributed by atoms with E-state index in [0.717, 1.165) is 18.8 Å². The summed E-state index contributed by atoms with van der Waals surface area (Å²) in [7, 11) is 0. The average molecular weight is 311 g/mol. The van der Waals surface area contributed by atoms with Crippen molar-refractivity contribution < 1.29 is 9.90 Å². The van der Waals surface area contributed by atoms with Gasteiger partial charge in [-0.3, -0.25) is 4.79 Å². The van der Waals surface area contributed by atoms with E-state index < -0.39 is 5.97 Å². The molecule has 0 aliphatic heterocycles. The molecule has 1 N–H and O–H groups in total. The fourth-order valence-corrected chi connectivity index (χ4v) is 3.16. The van der Waals surface area contributed by atoms with Crippen LogP contribution in [0.15, 0.2) is 22.0 Å². The van der Waals surface area contributed by atoms with Gasteiger partial charge in [0.25, 0.3) is 0 Å². The van der Waals surface area contributed by atoms with E-state index >= 15 is 0 Å². The van der Waals surface area contributed by atoms with Gasteiger partial charge in [0.05, 0.1) is 5.75 Å². The molecule has 7 heteroatoms. The molecule has 108 valence electrons. The average Bonchev–Trinajstić information content (AvgIpc) is 2.99. The fraction of sp³-hybridized carbons (Fsp3) is 0.462. The number of thioether (sulfide) groups is 1. The Bertz CT molecular complexity index is 564. The van der Waals surface area contributed by atoms with Crippen LogP contribution >= 0.6 is 23.1 Å². The number of hydrogen-bond acceptors (Lipinski definition) is 5. The zero-order valence-corrected chi connectivity index (χ0v) is 13.1. The van der Waals surface area contributed by atoms with Gasteiger partial charge in [-0.15, -0.1) is 10.2 Å². The number of nitrogens with zero attached hydrogens (tertiary/aromatic N) is 3. The fourth-order valence-electron chi connectivity index (χ4n) is 1.81. The van der Waals surface area contributed by atoms with Crippen LogP contribution in [0, 0.1) is 5.92 Å². The molecule has 0 spiro atoms. The number of aromatic nitrogens is 3. The van der Waals surface area contributed by atoms with Crippen molar-refractivity contribution in [3.8, 4) is 0 Å². The molecule has 2 rings (SSSR count). The van der Waals surface area contributed by atoms with E-state index in [1.807, 2.05) is 9.95 Å². The monoisotopic (exact) mass is 311 g/mol. The predicted octanol–water partition coefficient (Wildman–Crippen LogP) is 2.76. The summed E-state index contributed by atoms with van der Waals surface area (Å²) in [5, 5.41) is 22.0. The van der Waals surface area contributed by atoms with E-state index in [2.05, 4.69) is 35.5 Å². The van der Waals surface area contributed by atoms with Gasteiger partial charge in [-0.25, -0.2) is 0 Å². The van der Waals surface area contributed by atoms with Gasteiger partial charge in [-0.2, -0.15) is 11.3 Å². The van der Waals surface area contributed by atoms with E-state index in [1.165, 1.54) is 17.3 Å². The van der Waals surface area contributed by atoms with Gasteiger partial charge in [-0.05, 0) is 28.3 Å². The van der Waals surface area contributed by atoms with Crippen LogP contribution < -0.4 is 0 Å². The maximum atomic E-state index is 10.7. The topological polar surface area (TPSA) is 68.0 Å². The molecule has 2 heterocycles. The van der Waals surface area contributed by atoms with E-state index in [4.69, 9.17) is 5.11 Å². The summed E-state index contributed by atoms with van der Waals surface area (Å²) in [5.41, 5.74) is 1.21. The van der Waals surface area contributed by atoms with E-state index in [0.29, 0.717) is 11.1 Å². The quantitative estimate of drug-likeness (QED) is 0.796. The molecule has 2 aromatic rings. The third kappa shape index (κ3) is 4.08. The molecule has 2 aromatic heterocycles. The molecule has 0 aromatic carbocycles. The van der Waals surface area contributed by atoms with E-state index in [9.17, 15) is 4.79 Å². The van der Waals surface area contributed by atoms with Crippen molar-refractivity contribution in [2.75, 3.05) is 5.75 Å². The molecule has 0 saturated heterocycles. The smallest absolute Gasteiger partial charge is 0.313 e. The van der Waals surface area contributed by atoms with Gasteiger partial charge in [0.15, 0.2) is 5.16 Å². The van der Waals surface area contributed by atoms with E-state index in [1.54, 1.807) is 11.3 Å². The lowest BCUT2D eigenvalue weighted by atomic mass is 10.2. The molecule has 0 fully saturated rings. The maximum Gasteiger partial charge on any atom is 0.313 e. The highest BCUT2D eigenvalue weighted by atomic mass is 32.2. The first-order valence-electron chi connectivity index (χ1n) is 6.34. The first kappa shape index (κ1) is 15.1. The van der Waals surface area contributed by atoms with Crippen molar-refractivity contribution in [1.29, 1.82) is 0 Å². The Morgan fingerprint density at radius 3 is 2.90 bits per heavy atom. The Kier molecular flexibility index (Phi) is 5.19. The lowest BCUT2D eigenvalue weighted by Gasteiger charge is -2.11. The third-order valence-electron chi connectivity index (χ3n) is 2.61. The van der Waals surface area contributed by atoms with Crippen molar-refractivity contribution >= 4 is 29.1 Å². The largest absolute Gasteiger partial charge is 0.481 e. The van der Waals surface area contributed by atoms with Gasteiger partial charge in [-0.1, -0.05) is 25.6 Å². The van der Waals surface area contributed by atoms with Crippen LogP contribution in [0.5, 0.6) is 0 Å². The number of rotatable bonds is 7. The summed E-state index contributed by atoms with van der Waals surface area (Å²) in [6.45, 7) is 5.05. The van der Waals surface area contributed by atoms with Gasteiger partial charge in [0.1, 0.15) is 5.82 Å². The van der Waals surface area contributed by atoms with Crippen molar-refractivity contribution in [3.63, 3.8) is 0 Å². The maximum absolute atomic E-state index is 10.7. The summed E-state index contributed by atoms with van der Waals surface area (Å²) in [6, 6.07) is 2.07. The number of aliphatic carboxylic acids is 1. The zero-order chi connectivity index (χ0) is 14.5. The van der Waals surface area contributed by atoms with Crippen LogP contribution in [-0.2, 0) is 17.8 Å². The Labute approximate surface area is 126 Å². The number of carboxylic acid groups (broad SMARTS) is 1. The SMILES string of the molecule is CC(C)Cn1c(Cc2ccsc2)nnc1SCC(=O)O. The zero-order valence-electron chi connectivity index (χ0n) is 11.4. The van der Waals surface area contributed by atoms with Crippen LogP contribution in [0.1, 0.15) is 25.2 Å². The standard InChI is InChI=1S/C13H17N3O2S2/c1-9(2)6-16-11(5-10-3-4-19-7-10)14-15-13(16)20-8-12(17)18/h3-4,7,9H,5-6,8H2,1-2H3,(H,17,18). The molecule has 0 radical (unpaired) electrons. The van der Waals surface area contributed by atoms with Crippen molar-refractivity contribution in [1.82, 2.24) is 14.8 Å². The molecule has 0 bridgehead atoms. The molecule has 0 saturated carbocycles. The first-order valence-corrected chi connectivity index (χ1v) is 8.27. The van der Waals surface area contributed by atoms with Crippen LogP contribution in [0.25, 0.3) is 0 Å². The van der Waals surface area contributed by atoms with Crippen molar-refractivity contribution in [3.05, 3.63) is 28.2 Å². The Balaban J connectivity index is 2.19. The summed E-state index contributed by atoms with van der Waals surface area (Å²) < 4.78 is 2.04. The minimum Gasteiger partial charge on any atom is -0.481 e. The highest BCUT2D eigenvalue weighted by Crippen LogP contribution is 2.20. The summed E-state index contributed by atoms with van der Waals surface area (Å²) in [6.07, 6.45) is 0.733. The highest BCUT2D eigenvalue weighted by molar-refractivity contribution is 7.99. The second kappa shape index (κ2) is 6.90. The molecular weight excluding hydrogens is 294 g/mol. The normalized spacial score (nSPS) is 11.2. The van der Waals surface area contributed by atoms with Crippen molar-refractivity contribution in [2.24, 2.45) is 5.92 Å². The lowest BCUT2D eigenvalue weighted by Crippen LogP contribution is -2.11. The second-order valence-electron chi connectivity index (χ2n) is 4.89. The molecule has 0 aliphatic carbocycles. The minimum atomic E-state index is -0.839.